The summed E-state index contributed by atoms with van der Waals surface area (Å²) >= 11 is 0. The summed E-state index contributed by atoms with van der Waals surface area (Å²) in [6, 6.07) is 40.5. The molecule has 8 atom stereocenters. The van der Waals surface area contributed by atoms with E-state index in [1.807, 2.05) is 125 Å². The number of fused-ring (bicyclic) bond motifs is 3. The molecule has 4 aromatic rings. The van der Waals surface area contributed by atoms with Crippen LogP contribution in [-0.4, -0.2) is 80.4 Å². The summed E-state index contributed by atoms with van der Waals surface area (Å²) in [7, 11) is 0. The van der Waals surface area contributed by atoms with Crippen LogP contribution < -0.4 is 0 Å². The van der Waals surface area contributed by atoms with E-state index in [4.69, 9.17) is 47.4 Å². The van der Waals surface area contributed by atoms with Crippen molar-refractivity contribution >= 4 is 0 Å². The lowest BCUT2D eigenvalue weighted by atomic mass is 9.99. The molecule has 0 aliphatic carbocycles. The van der Waals surface area contributed by atoms with Crippen molar-refractivity contribution in [2.75, 3.05) is 19.8 Å². The van der Waals surface area contributed by atoms with Crippen LogP contribution in [0.1, 0.15) is 49.9 Å². The highest BCUT2D eigenvalue weighted by molar-refractivity contribution is 5.16. The molecule has 7 rings (SSSR count). The Labute approximate surface area is 336 Å². The molecule has 3 fully saturated rings. The zero-order valence-electron chi connectivity index (χ0n) is 33.4. The van der Waals surface area contributed by atoms with Crippen LogP contribution in [0.25, 0.3) is 0 Å². The third-order valence-corrected chi connectivity index (χ3v) is 10.0. The van der Waals surface area contributed by atoms with Crippen molar-refractivity contribution in [3.63, 3.8) is 0 Å². The molecule has 10 heteroatoms. The zero-order valence-corrected chi connectivity index (χ0v) is 33.4. The summed E-state index contributed by atoms with van der Waals surface area (Å²) < 4.78 is 64.1. The SMILES string of the molecule is CC1(C)O[C@H]2[C@@H](O1)[C@@H](COC/C=C/[C@@H](OCc1ccccc1)[C@H](OCc1ccccc1)[C@@H](COCc1ccccc1)OCc1ccccc1)O[C@@H]1OC(C)(C)O[C@@H]12. The van der Waals surface area contributed by atoms with Gasteiger partial charge in [0.1, 0.15) is 42.7 Å². The number of benzene rings is 4. The summed E-state index contributed by atoms with van der Waals surface area (Å²) in [5, 5.41) is 0. The Balaban J connectivity index is 1.09. The Bertz CT molecular complexity index is 1790. The van der Waals surface area contributed by atoms with Gasteiger partial charge in [0.05, 0.1) is 46.2 Å². The maximum absolute atomic E-state index is 6.81. The fourth-order valence-corrected chi connectivity index (χ4v) is 7.36. The quantitative estimate of drug-likeness (QED) is 0.0651. The van der Waals surface area contributed by atoms with Gasteiger partial charge in [-0.25, -0.2) is 0 Å². The van der Waals surface area contributed by atoms with Gasteiger partial charge < -0.3 is 47.4 Å². The zero-order chi connectivity index (χ0) is 39.5. The predicted molar refractivity (Wildman–Crippen MR) is 214 cm³/mol. The standard InChI is InChI=1S/C47H56O10/c1-46(2)54-42-40(53-45-44(43(42)55-46)56-47(3,4)57-45)33-48-27-17-26-38(50-29-35-20-11-6-12-21-35)41(52-31-37-24-15-8-16-25-37)39(51-30-36-22-13-7-14-23-36)32-49-28-34-18-9-5-10-19-34/h5-26,38-45H,27-33H2,1-4H3/b26-17+/t38-,39-,40-,41+,42+,43+,44-,45-/m1/s1. The molecule has 3 heterocycles. The van der Waals surface area contributed by atoms with Gasteiger partial charge in [-0.2, -0.15) is 0 Å². The highest BCUT2D eigenvalue weighted by Crippen LogP contribution is 2.44. The molecule has 0 aromatic heterocycles. The second-order valence-electron chi connectivity index (χ2n) is 15.5. The third-order valence-electron chi connectivity index (χ3n) is 10.0. The molecule has 0 radical (unpaired) electrons. The van der Waals surface area contributed by atoms with Gasteiger partial charge in [-0.3, -0.25) is 0 Å². The van der Waals surface area contributed by atoms with E-state index >= 15 is 0 Å². The summed E-state index contributed by atoms with van der Waals surface area (Å²) in [6.07, 6.45) is 0.253. The Morgan fingerprint density at radius 1 is 0.544 bits per heavy atom. The van der Waals surface area contributed by atoms with Gasteiger partial charge in [0.25, 0.3) is 0 Å². The number of hydrogen-bond acceptors (Lipinski definition) is 10. The van der Waals surface area contributed by atoms with E-state index in [2.05, 4.69) is 36.4 Å². The van der Waals surface area contributed by atoms with Crippen LogP contribution in [0.15, 0.2) is 133 Å². The van der Waals surface area contributed by atoms with Gasteiger partial charge in [0.2, 0.25) is 0 Å². The molecule has 3 aliphatic heterocycles. The molecule has 0 spiro atoms. The molecule has 57 heavy (non-hydrogen) atoms. The molecule has 3 saturated heterocycles. The number of ether oxygens (including phenoxy) is 10. The van der Waals surface area contributed by atoms with Crippen molar-refractivity contribution in [1.82, 2.24) is 0 Å². The minimum Gasteiger partial charge on any atom is -0.375 e. The maximum Gasteiger partial charge on any atom is 0.190 e. The predicted octanol–water partition coefficient (Wildman–Crippen LogP) is 7.93. The van der Waals surface area contributed by atoms with Gasteiger partial charge >= 0.3 is 0 Å². The van der Waals surface area contributed by atoms with Crippen molar-refractivity contribution in [3.8, 4) is 0 Å². The summed E-state index contributed by atoms with van der Waals surface area (Å²) in [5.41, 5.74) is 4.21. The van der Waals surface area contributed by atoms with Crippen LogP contribution in [0.3, 0.4) is 0 Å². The smallest absolute Gasteiger partial charge is 0.190 e. The van der Waals surface area contributed by atoms with Crippen LogP contribution in [0.5, 0.6) is 0 Å². The van der Waals surface area contributed by atoms with E-state index in [9.17, 15) is 0 Å². The lowest BCUT2D eigenvalue weighted by Crippen LogP contribution is -2.56. The van der Waals surface area contributed by atoms with E-state index in [-0.39, 0.29) is 32.0 Å². The van der Waals surface area contributed by atoms with Crippen LogP contribution in [0.4, 0.5) is 0 Å². The molecule has 304 valence electrons. The first-order valence-corrected chi connectivity index (χ1v) is 19.9. The molecule has 10 nitrogen and oxygen atoms in total. The van der Waals surface area contributed by atoms with E-state index in [1.165, 1.54) is 0 Å². The van der Waals surface area contributed by atoms with Crippen molar-refractivity contribution < 1.29 is 47.4 Å². The molecule has 0 unspecified atom stereocenters. The van der Waals surface area contributed by atoms with Gasteiger partial charge in [0.15, 0.2) is 17.9 Å². The van der Waals surface area contributed by atoms with Gasteiger partial charge in [-0.1, -0.05) is 133 Å². The van der Waals surface area contributed by atoms with Crippen molar-refractivity contribution in [2.24, 2.45) is 0 Å². The van der Waals surface area contributed by atoms with Crippen molar-refractivity contribution in [3.05, 3.63) is 156 Å². The number of rotatable bonds is 20. The van der Waals surface area contributed by atoms with Crippen molar-refractivity contribution in [2.45, 2.75) is 115 Å². The minimum atomic E-state index is -0.794. The molecular weight excluding hydrogens is 725 g/mol. The highest BCUT2D eigenvalue weighted by Gasteiger charge is 2.60. The normalized spacial score (nSPS) is 25.2. The molecule has 0 N–H and O–H groups in total. The van der Waals surface area contributed by atoms with Crippen LogP contribution >= 0.6 is 0 Å². The first-order chi connectivity index (χ1) is 27.7. The topological polar surface area (TPSA) is 92.3 Å². The average Bonchev–Trinajstić information content (AvgIpc) is 3.73. The molecule has 4 aromatic carbocycles. The van der Waals surface area contributed by atoms with E-state index < -0.39 is 48.4 Å². The van der Waals surface area contributed by atoms with Gasteiger partial charge in [-0.15, -0.1) is 0 Å². The number of hydrogen-bond donors (Lipinski definition) is 0. The third kappa shape index (κ3) is 11.9. The molecule has 0 amide bonds. The van der Waals surface area contributed by atoms with E-state index in [1.54, 1.807) is 0 Å². The molecular formula is C47H56O10. The van der Waals surface area contributed by atoms with Crippen LogP contribution in [0.2, 0.25) is 0 Å². The average molecular weight is 781 g/mol. The fourth-order valence-electron chi connectivity index (χ4n) is 7.36. The minimum absolute atomic E-state index is 0.261. The van der Waals surface area contributed by atoms with E-state index in [0.717, 1.165) is 22.3 Å². The lowest BCUT2D eigenvalue weighted by Gasteiger charge is -2.37. The van der Waals surface area contributed by atoms with E-state index in [0.29, 0.717) is 26.4 Å². The first-order valence-electron chi connectivity index (χ1n) is 19.9. The van der Waals surface area contributed by atoms with Crippen LogP contribution in [0, 0.1) is 0 Å². The summed E-state index contributed by atoms with van der Waals surface area (Å²) in [6.45, 7) is 9.92. The summed E-state index contributed by atoms with van der Waals surface area (Å²) in [4.78, 5) is 0. The Hall–Kier alpha value is -3.78. The largest absolute Gasteiger partial charge is 0.375 e. The fraction of sp³-hybridized carbons (Fsp3) is 0.447. The highest BCUT2D eigenvalue weighted by atomic mass is 16.9. The lowest BCUT2D eigenvalue weighted by molar-refractivity contribution is -0.242. The molecule has 0 bridgehead atoms. The Morgan fingerprint density at radius 3 is 1.63 bits per heavy atom. The van der Waals surface area contributed by atoms with Crippen LogP contribution in [-0.2, 0) is 73.8 Å². The Morgan fingerprint density at radius 2 is 1.04 bits per heavy atom. The van der Waals surface area contributed by atoms with Gasteiger partial charge in [-0.05, 0) is 49.9 Å². The van der Waals surface area contributed by atoms with Gasteiger partial charge in [0, 0.05) is 0 Å². The molecule has 0 saturated carbocycles. The maximum atomic E-state index is 6.81. The van der Waals surface area contributed by atoms with Crippen molar-refractivity contribution in [1.29, 1.82) is 0 Å². The second-order valence-corrected chi connectivity index (χ2v) is 15.5. The Kier molecular flexibility index (Phi) is 14.4. The summed E-state index contributed by atoms with van der Waals surface area (Å²) in [5.74, 6) is -1.58. The first kappa shape index (κ1) is 41.4. The molecule has 3 aliphatic rings. The second kappa shape index (κ2) is 19.8. The monoisotopic (exact) mass is 780 g/mol.